The number of fused-ring (bicyclic) bond motifs is 1. The van der Waals surface area contributed by atoms with Crippen LogP contribution in [0.25, 0.3) is 0 Å². The lowest BCUT2D eigenvalue weighted by Gasteiger charge is -2.32. The summed E-state index contributed by atoms with van der Waals surface area (Å²) >= 11 is 6.00. The number of aryl methyl sites for hydroxylation is 1. The third kappa shape index (κ3) is 5.93. The number of imide groups is 1. The van der Waals surface area contributed by atoms with Gasteiger partial charge in [-0.2, -0.15) is 0 Å². The van der Waals surface area contributed by atoms with Gasteiger partial charge >= 0.3 is 0 Å². The van der Waals surface area contributed by atoms with Crippen molar-refractivity contribution < 1.29 is 19.2 Å². The van der Waals surface area contributed by atoms with Gasteiger partial charge in [0.2, 0.25) is 17.7 Å². The van der Waals surface area contributed by atoms with Gasteiger partial charge in [0.05, 0.1) is 0 Å². The number of carbonyl (C=O) groups excluding carboxylic acids is 4. The fraction of sp³-hybridized carbons (Fsp3) is 0.467. The normalized spacial score (nSPS) is 20.0. The highest BCUT2D eigenvalue weighted by molar-refractivity contribution is 6.30. The van der Waals surface area contributed by atoms with E-state index in [4.69, 9.17) is 11.6 Å². The molecular formula is C30H34ClN3O4. The molecule has 0 radical (unpaired) electrons. The average molecular weight is 536 g/mol. The van der Waals surface area contributed by atoms with Crippen LogP contribution < -0.4 is 5.32 Å². The predicted molar refractivity (Wildman–Crippen MR) is 145 cm³/mol. The van der Waals surface area contributed by atoms with E-state index >= 15 is 0 Å². The molecule has 3 heterocycles. The maximum Gasteiger partial charge on any atom is 0.255 e. The molecule has 0 bridgehead atoms. The molecule has 2 aromatic carbocycles. The Labute approximate surface area is 228 Å². The van der Waals surface area contributed by atoms with Crippen LogP contribution in [-0.4, -0.2) is 52.6 Å². The molecule has 1 N–H and O–H groups in total. The van der Waals surface area contributed by atoms with Crippen LogP contribution in [0.5, 0.6) is 0 Å². The summed E-state index contributed by atoms with van der Waals surface area (Å²) in [4.78, 5) is 53.0. The smallest absolute Gasteiger partial charge is 0.255 e. The Balaban J connectivity index is 1.03. The zero-order chi connectivity index (χ0) is 26.6. The third-order valence-electron chi connectivity index (χ3n) is 8.14. The quantitative estimate of drug-likeness (QED) is 0.395. The molecule has 0 aliphatic carbocycles. The fourth-order valence-corrected chi connectivity index (χ4v) is 6.02. The van der Waals surface area contributed by atoms with Crippen LogP contribution in [0.15, 0.2) is 42.5 Å². The van der Waals surface area contributed by atoms with Crippen molar-refractivity contribution in [2.75, 3.05) is 13.1 Å². The molecule has 7 nitrogen and oxygen atoms in total. The lowest BCUT2D eigenvalue weighted by molar-refractivity contribution is -0.137. The maximum atomic E-state index is 13.0. The first-order valence-corrected chi connectivity index (χ1v) is 14.1. The number of carbonyl (C=O) groups is 4. The number of nitrogens with one attached hydrogen (secondary N) is 1. The Bertz CT molecular complexity index is 1220. The Morgan fingerprint density at radius 3 is 2.45 bits per heavy atom. The number of halogens is 1. The second-order valence-corrected chi connectivity index (χ2v) is 11.1. The van der Waals surface area contributed by atoms with Gasteiger partial charge in [-0.05, 0) is 79.3 Å². The summed E-state index contributed by atoms with van der Waals surface area (Å²) in [7, 11) is 0. The molecule has 3 aliphatic heterocycles. The molecule has 0 aromatic heterocycles. The Morgan fingerprint density at radius 2 is 1.71 bits per heavy atom. The van der Waals surface area contributed by atoms with E-state index in [1.54, 1.807) is 4.90 Å². The summed E-state index contributed by atoms with van der Waals surface area (Å²) in [5, 5.41) is 3.09. The highest BCUT2D eigenvalue weighted by Gasteiger charge is 2.39. The topological polar surface area (TPSA) is 86.8 Å². The summed E-state index contributed by atoms with van der Waals surface area (Å²) in [5.41, 5.74) is 3.98. The van der Waals surface area contributed by atoms with E-state index in [-0.39, 0.29) is 30.0 Å². The van der Waals surface area contributed by atoms with Gasteiger partial charge in [0.15, 0.2) is 0 Å². The lowest BCUT2D eigenvalue weighted by atomic mass is 9.89. The molecule has 1 unspecified atom stereocenters. The Morgan fingerprint density at radius 1 is 0.947 bits per heavy atom. The van der Waals surface area contributed by atoms with E-state index in [0.29, 0.717) is 30.9 Å². The maximum absolute atomic E-state index is 13.0. The molecule has 4 amide bonds. The van der Waals surface area contributed by atoms with Gasteiger partial charge < -0.3 is 9.80 Å². The second kappa shape index (κ2) is 11.7. The summed E-state index contributed by atoms with van der Waals surface area (Å²) in [6.07, 6.45) is 6.81. The zero-order valence-corrected chi connectivity index (χ0v) is 22.3. The molecule has 0 spiro atoms. The van der Waals surface area contributed by atoms with Crippen molar-refractivity contribution in [3.05, 3.63) is 69.7 Å². The van der Waals surface area contributed by atoms with Crippen LogP contribution in [-0.2, 0) is 27.3 Å². The first-order valence-electron chi connectivity index (χ1n) is 13.7. The van der Waals surface area contributed by atoms with E-state index in [9.17, 15) is 19.2 Å². The van der Waals surface area contributed by atoms with Gasteiger partial charge in [-0.3, -0.25) is 24.5 Å². The predicted octanol–water partition coefficient (Wildman–Crippen LogP) is 4.61. The largest absolute Gasteiger partial charge is 0.343 e. The van der Waals surface area contributed by atoms with Gasteiger partial charge in [0.25, 0.3) is 5.91 Å². The minimum atomic E-state index is -0.586. The van der Waals surface area contributed by atoms with Gasteiger partial charge in [-0.15, -0.1) is 0 Å². The zero-order valence-electron chi connectivity index (χ0n) is 21.6. The summed E-state index contributed by atoms with van der Waals surface area (Å²) in [6.45, 7) is 2.02. The molecule has 2 fully saturated rings. The SMILES string of the molecule is O=C1CCC(N2Cc3ccc(CCCCCC(=O)N4CCC(c5ccc(Cl)cc5)CC4)cc3C2=O)C(=O)N1. The van der Waals surface area contributed by atoms with E-state index in [2.05, 4.69) is 23.5 Å². The number of unbranched alkanes of at least 4 members (excludes halogenated alkanes) is 2. The second-order valence-electron chi connectivity index (χ2n) is 10.7. The molecular weight excluding hydrogens is 502 g/mol. The standard InChI is InChI=1S/C30H34ClN3O4/c31-24-10-8-21(9-11-24)22-14-16-33(17-15-22)28(36)5-3-1-2-4-20-6-7-23-19-34(30(38)25(23)18-20)26-12-13-27(35)32-29(26)37/h6-11,18,22,26H,1-5,12-17,19H2,(H,32,35,37). The van der Waals surface area contributed by atoms with Crippen molar-refractivity contribution in [1.82, 2.24) is 15.1 Å². The van der Waals surface area contributed by atoms with Gasteiger partial charge in [0.1, 0.15) is 6.04 Å². The number of amides is 4. The van der Waals surface area contributed by atoms with Crippen molar-refractivity contribution in [2.45, 2.75) is 76.3 Å². The highest BCUT2D eigenvalue weighted by atomic mass is 35.5. The minimum absolute atomic E-state index is 0.137. The van der Waals surface area contributed by atoms with Crippen LogP contribution >= 0.6 is 11.6 Å². The van der Waals surface area contributed by atoms with Crippen molar-refractivity contribution in [3.8, 4) is 0 Å². The number of benzene rings is 2. The van der Waals surface area contributed by atoms with E-state index in [1.165, 1.54) is 5.56 Å². The number of hydrogen-bond donors (Lipinski definition) is 1. The average Bonchev–Trinajstić information content (AvgIpc) is 3.24. The first kappa shape index (κ1) is 26.4. The van der Waals surface area contributed by atoms with Gasteiger partial charge in [-0.25, -0.2) is 0 Å². The summed E-state index contributed by atoms with van der Waals surface area (Å²) in [6, 6.07) is 13.4. The van der Waals surface area contributed by atoms with Crippen molar-refractivity contribution in [2.24, 2.45) is 0 Å². The molecule has 38 heavy (non-hydrogen) atoms. The molecule has 2 aromatic rings. The Hall–Kier alpha value is -3.19. The van der Waals surface area contributed by atoms with Gasteiger partial charge in [0, 0.05) is 43.1 Å². The van der Waals surface area contributed by atoms with E-state index in [0.717, 1.165) is 67.8 Å². The van der Waals surface area contributed by atoms with Crippen LogP contribution in [0.1, 0.15) is 84.3 Å². The fourth-order valence-electron chi connectivity index (χ4n) is 5.89. The summed E-state index contributed by atoms with van der Waals surface area (Å²) in [5.74, 6) is -0.0640. The van der Waals surface area contributed by atoms with Crippen molar-refractivity contribution in [3.63, 3.8) is 0 Å². The molecule has 1 atom stereocenters. The van der Waals surface area contributed by atoms with Crippen LogP contribution in [0.2, 0.25) is 5.02 Å². The minimum Gasteiger partial charge on any atom is -0.343 e. The third-order valence-corrected chi connectivity index (χ3v) is 8.39. The highest BCUT2D eigenvalue weighted by Crippen LogP contribution is 2.30. The van der Waals surface area contributed by atoms with Crippen LogP contribution in [0.3, 0.4) is 0 Å². The summed E-state index contributed by atoms with van der Waals surface area (Å²) < 4.78 is 0. The van der Waals surface area contributed by atoms with Crippen molar-refractivity contribution in [1.29, 1.82) is 0 Å². The number of hydrogen-bond acceptors (Lipinski definition) is 4. The molecule has 200 valence electrons. The molecule has 0 saturated carbocycles. The first-order chi connectivity index (χ1) is 18.4. The van der Waals surface area contributed by atoms with Crippen LogP contribution in [0, 0.1) is 0 Å². The lowest BCUT2D eigenvalue weighted by Crippen LogP contribution is -2.52. The molecule has 5 rings (SSSR count). The number of likely N-dealkylation sites (tertiary alicyclic amines) is 1. The van der Waals surface area contributed by atoms with E-state index in [1.807, 2.05) is 29.2 Å². The molecule has 3 aliphatic rings. The van der Waals surface area contributed by atoms with Crippen molar-refractivity contribution >= 4 is 35.2 Å². The number of nitrogens with zero attached hydrogens (tertiary/aromatic N) is 2. The van der Waals surface area contributed by atoms with E-state index < -0.39 is 6.04 Å². The number of piperidine rings is 2. The molecule has 8 heteroatoms. The number of rotatable bonds is 8. The van der Waals surface area contributed by atoms with Gasteiger partial charge in [-0.1, -0.05) is 42.3 Å². The Kier molecular flexibility index (Phi) is 8.12. The van der Waals surface area contributed by atoms with Crippen LogP contribution in [0.4, 0.5) is 0 Å². The molecule has 2 saturated heterocycles. The monoisotopic (exact) mass is 535 g/mol.